The molecule has 8 nitrogen and oxygen atoms in total. The van der Waals surface area contributed by atoms with Gasteiger partial charge < -0.3 is 10.2 Å². The standard InChI is InChI=1S/C19H22N6O2S2/c1-2-16-5-8-19(28-16)29(26,27)25-12-10-24(11-13-25)18-7-6-17(22-23-18)21-15-4-3-9-20-14-15/h3-9,14H,2,10-13H2,1H3,(H,21,22). The summed E-state index contributed by atoms with van der Waals surface area (Å²) in [4.78, 5) is 7.19. The molecule has 0 radical (unpaired) electrons. The molecule has 0 saturated carbocycles. The summed E-state index contributed by atoms with van der Waals surface area (Å²) in [6, 6.07) is 11.1. The number of aryl methyl sites for hydroxylation is 1. The van der Waals surface area contributed by atoms with Crippen LogP contribution in [0.1, 0.15) is 11.8 Å². The number of rotatable bonds is 6. The average Bonchev–Trinajstić information content (AvgIpc) is 3.25. The summed E-state index contributed by atoms with van der Waals surface area (Å²) in [6.07, 6.45) is 4.27. The van der Waals surface area contributed by atoms with Gasteiger partial charge in [-0.25, -0.2) is 8.42 Å². The quantitative estimate of drug-likeness (QED) is 0.643. The van der Waals surface area contributed by atoms with Crippen LogP contribution in [0.5, 0.6) is 0 Å². The van der Waals surface area contributed by atoms with E-state index >= 15 is 0 Å². The third-order valence-electron chi connectivity index (χ3n) is 4.73. The van der Waals surface area contributed by atoms with Crippen molar-refractivity contribution in [2.24, 2.45) is 0 Å². The van der Waals surface area contributed by atoms with Gasteiger partial charge in [0.15, 0.2) is 11.6 Å². The predicted molar refractivity (Wildman–Crippen MR) is 114 cm³/mol. The first-order chi connectivity index (χ1) is 14.1. The molecule has 0 unspecified atom stereocenters. The summed E-state index contributed by atoms with van der Waals surface area (Å²) in [6.45, 7) is 4.04. The Morgan fingerprint density at radius 1 is 1.07 bits per heavy atom. The lowest BCUT2D eigenvalue weighted by atomic mass is 10.3. The summed E-state index contributed by atoms with van der Waals surface area (Å²) in [7, 11) is -3.42. The molecule has 152 valence electrons. The molecule has 1 N–H and O–H groups in total. The van der Waals surface area contributed by atoms with Gasteiger partial charge in [-0.1, -0.05) is 6.92 Å². The van der Waals surface area contributed by atoms with Gasteiger partial charge in [0.1, 0.15) is 4.21 Å². The van der Waals surface area contributed by atoms with E-state index in [1.54, 1.807) is 22.8 Å². The van der Waals surface area contributed by atoms with Gasteiger partial charge in [0, 0.05) is 37.3 Å². The van der Waals surface area contributed by atoms with Crippen LogP contribution in [0.15, 0.2) is 53.0 Å². The normalized spacial score (nSPS) is 15.4. The Kier molecular flexibility index (Phi) is 5.74. The number of nitrogens with one attached hydrogen (secondary N) is 1. The molecule has 4 heterocycles. The Morgan fingerprint density at radius 2 is 1.90 bits per heavy atom. The number of hydrogen-bond donors (Lipinski definition) is 1. The number of pyridine rings is 1. The summed E-state index contributed by atoms with van der Waals surface area (Å²) < 4.78 is 27.7. The molecule has 3 aromatic rings. The number of piperazine rings is 1. The molecule has 0 atom stereocenters. The molecular weight excluding hydrogens is 408 g/mol. The number of aromatic nitrogens is 3. The number of sulfonamides is 1. The fourth-order valence-corrected chi connectivity index (χ4v) is 5.99. The third kappa shape index (κ3) is 4.39. The highest BCUT2D eigenvalue weighted by atomic mass is 32.2. The van der Waals surface area contributed by atoms with Crippen LogP contribution in [0.2, 0.25) is 0 Å². The lowest BCUT2D eigenvalue weighted by Gasteiger charge is -2.34. The van der Waals surface area contributed by atoms with Crippen molar-refractivity contribution >= 4 is 38.7 Å². The van der Waals surface area contributed by atoms with Crippen LogP contribution in [0.4, 0.5) is 17.3 Å². The minimum absolute atomic E-state index is 0.424. The smallest absolute Gasteiger partial charge is 0.252 e. The molecule has 3 aromatic heterocycles. The van der Waals surface area contributed by atoms with Crippen molar-refractivity contribution in [1.29, 1.82) is 0 Å². The second-order valence-corrected chi connectivity index (χ2v) is 9.94. The summed E-state index contributed by atoms with van der Waals surface area (Å²) >= 11 is 1.36. The maximum atomic E-state index is 12.9. The zero-order chi connectivity index (χ0) is 20.3. The van der Waals surface area contributed by atoms with E-state index in [0.717, 1.165) is 22.8 Å². The monoisotopic (exact) mass is 430 g/mol. The lowest BCUT2D eigenvalue weighted by Crippen LogP contribution is -2.48. The highest BCUT2D eigenvalue weighted by molar-refractivity contribution is 7.91. The van der Waals surface area contributed by atoms with Crippen molar-refractivity contribution in [1.82, 2.24) is 19.5 Å². The molecule has 0 bridgehead atoms. The maximum absolute atomic E-state index is 12.9. The van der Waals surface area contributed by atoms with Crippen LogP contribution in [0.3, 0.4) is 0 Å². The first-order valence-electron chi connectivity index (χ1n) is 9.41. The Balaban J connectivity index is 1.38. The summed E-state index contributed by atoms with van der Waals surface area (Å²) in [5.41, 5.74) is 0.841. The molecule has 0 aliphatic carbocycles. The maximum Gasteiger partial charge on any atom is 0.252 e. The first kappa shape index (κ1) is 19.7. The molecule has 1 aliphatic rings. The van der Waals surface area contributed by atoms with Gasteiger partial charge in [0.25, 0.3) is 10.0 Å². The van der Waals surface area contributed by atoms with Gasteiger partial charge >= 0.3 is 0 Å². The van der Waals surface area contributed by atoms with Crippen LogP contribution in [-0.4, -0.2) is 54.1 Å². The van der Waals surface area contributed by atoms with Crippen molar-refractivity contribution in [3.63, 3.8) is 0 Å². The van der Waals surface area contributed by atoms with Crippen molar-refractivity contribution in [2.45, 2.75) is 17.6 Å². The molecule has 1 aliphatic heterocycles. The van der Waals surface area contributed by atoms with Gasteiger partial charge in [-0.15, -0.1) is 21.5 Å². The minimum Gasteiger partial charge on any atom is -0.352 e. The fraction of sp³-hybridized carbons (Fsp3) is 0.316. The molecule has 1 saturated heterocycles. The van der Waals surface area contributed by atoms with E-state index in [1.807, 2.05) is 37.3 Å². The second kappa shape index (κ2) is 8.44. The average molecular weight is 431 g/mol. The van der Waals surface area contributed by atoms with Gasteiger partial charge in [0.05, 0.1) is 11.9 Å². The van der Waals surface area contributed by atoms with Crippen LogP contribution in [-0.2, 0) is 16.4 Å². The van der Waals surface area contributed by atoms with E-state index < -0.39 is 10.0 Å². The van der Waals surface area contributed by atoms with E-state index in [4.69, 9.17) is 0 Å². The van der Waals surface area contributed by atoms with Gasteiger partial charge in [-0.3, -0.25) is 4.98 Å². The topological polar surface area (TPSA) is 91.3 Å². The fourth-order valence-electron chi connectivity index (χ4n) is 3.12. The minimum atomic E-state index is -3.42. The highest BCUT2D eigenvalue weighted by Crippen LogP contribution is 2.26. The van der Waals surface area contributed by atoms with E-state index in [1.165, 1.54) is 11.3 Å². The predicted octanol–water partition coefficient (Wildman–Crippen LogP) is 2.75. The number of hydrogen-bond acceptors (Lipinski definition) is 8. The second-order valence-electron chi connectivity index (χ2n) is 6.61. The largest absolute Gasteiger partial charge is 0.352 e. The summed E-state index contributed by atoms with van der Waals surface area (Å²) in [5, 5.41) is 11.6. The van der Waals surface area contributed by atoms with Gasteiger partial charge in [0.2, 0.25) is 0 Å². The molecule has 0 aromatic carbocycles. The number of thiophene rings is 1. The van der Waals surface area contributed by atoms with Crippen molar-refractivity contribution in [3.8, 4) is 0 Å². The highest BCUT2D eigenvalue weighted by Gasteiger charge is 2.30. The van der Waals surface area contributed by atoms with Crippen LogP contribution >= 0.6 is 11.3 Å². The lowest BCUT2D eigenvalue weighted by molar-refractivity contribution is 0.384. The zero-order valence-electron chi connectivity index (χ0n) is 16.0. The van der Waals surface area contributed by atoms with E-state index in [0.29, 0.717) is 36.2 Å². The summed E-state index contributed by atoms with van der Waals surface area (Å²) in [5.74, 6) is 1.37. The van der Waals surface area contributed by atoms with Crippen LogP contribution in [0, 0.1) is 0 Å². The third-order valence-corrected chi connectivity index (χ3v) is 8.32. The van der Waals surface area contributed by atoms with Crippen LogP contribution < -0.4 is 10.2 Å². The Morgan fingerprint density at radius 3 is 2.52 bits per heavy atom. The Labute approximate surface area is 174 Å². The van der Waals surface area contributed by atoms with Crippen molar-refractivity contribution in [3.05, 3.63) is 53.7 Å². The molecule has 1 fully saturated rings. The SMILES string of the molecule is CCc1ccc(S(=O)(=O)N2CCN(c3ccc(Nc4cccnc4)nn3)CC2)s1. The number of anilines is 3. The first-order valence-corrected chi connectivity index (χ1v) is 11.7. The molecule has 4 rings (SSSR count). The van der Waals surface area contributed by atoms with Gasteiger partial charge in [-0.05, 0) is 42.8 Å². The number of nitrogens with zero attached hydrogens (tertiary/aromatic N) is 5. The molecular formula is C19H22N6O2S2. The molecule has 0 amide bonds. The van der Waals surface area contributed by atoms with E-state index in [9.17, 15) is 8.42 Å². The molecule has 10 heteroatoms. The van der Waals surface area contributed by atoms with Crippen LogP contribution in [0.25, 0.3) is 0 Å². The Hall–Kier alpha value is -2.56. The Bertz CT molecular complexity index is 1050. The van der Waals surface area contributed by atoms with E-state index in [2.05, 4.69) is 25.4 Å². The van der Waals surface area contributed by atoms with E-state index in [-0.39, 0.29) is 0 Å². The molecule has 29 heavy (non-hydrogen) atoms. The van der Waals surface area contributed by atoms with Gasteiger partial charge in [-0.2, -0.15) is 4.31 Å². The van der Waals surface area contributed by atoms with Crippen molar-refractivity contribution in [2.75, 3.05) is 36.4 Å². The zero-order valence-corrected chi connectivity index (χ0v) is 17.7. The molecule has 0 spiro atoms. The van der Waals surface area contributed by atoms with Crippen molar-refractivity contribution < 1.29 is 8.42 Å².